The van der Waals surface area contributed by atoms with Crippen molar-refractivity contribution in [1.29, 1.82) is 0 Å². The van der Waals surface area contributed by atoms with Crippen molar-refractivity contribution in [2.24, 2.45) is 5.73 Å². The zero-order valence-corrected chi connectivity index (χ0v) is 23.0. The van der Waals surface area contributed by atoms with Gasteiger partial charge >= 0.3 is 0 Å². The van der Waals surface area contributed by atoms with Crippen LogP contribution in [0, 0.1) is 0 Å². The summed E-state index contributed by atoms with van der Waals surface area (Å²) in [7, 11) is 1.43. The van der Waals surface area contributed by atoms with Crippen LogP contribution in [-0.4, -0.2) is 33.3 Å². The average molecular weight is 580 g/mol. The molecule has 0 bridgehead atoms. The predicted octanol–water partition coefficient (Wildman–Crippen LogP) is 4.94. The van der Waals surface area contributed by atoms with Gasteiger partial charge in [-0.25, -0.2) is 0 Å². The minimum atomic E-state index is -0.590. The van der Waals surface area contributed by atoms with E-state index in [0.29, 0.717) is 40.1 Å². The van der Waals surface area contributed by atoms with Crippen molar-refractivity contribution in [3.8, 4) is 17.0 Å². The van der Waals surface area contributed by atoms with Gasteiger partial charge in [-0.1, -0.05) is 11.6 Å². The van der Waals surface area contributed by atoms with Crippen LogP contribution in [0.15, 0.2) is 76.3 Å². The SMILES string of the molecule is COc1c(-c2cc(NCc3ccc(Cl)s3)n(C(=O)c3ccc(C(N)=O)cc3)n2)ccn(Cc2ccsc2)c1=O. The highest BCUT2D eigenvalue weighted by molar-refractivity contribution is 7.16. The first-order chi connectivity index (χ1) is 18.8. The summed E-state index contributed by atoms with van der Waals surface area (Å²) in [4.78, 5) is 39.1. The number of halogens is 1. The average Bonchev–Trinajstić information content (AvgIpc) is 3.69. The third kappa shape index (κ3) is 5.65. The zero-order valence-electron chi connectivity index (χ0n) is 20.6. The Balaban J connectivity index is 1.53. The second kappa shape index (κ2) is 11.3. The van der Waals surface area contributed by atoms with E-state index in [0.717, 1.165) is 10.4 Å². The Bertz CT molecular complexity index is 1700. The second-order valence-corrected chi connectivity index (χ2v) is 11.0. The van der Waals surface area contributed by atoms with Crippen molar-refractivity contribution in [3.05, 3.63) is 108 Å². The molecule has 3 N–H and O–H groups in total. The molecule has 0 saturated carbocycles. The summed E-state index contributed by atoms with van der Waals surface area (Å²) < 4.78 is 8.95. The number of primary amides is 1. The first kappa shape index (κ1) is 26.4. The summed E-state index contributed by atoms with van der Waals surface area (Å²) in [5, 5.41) is 11.7. The largest absolute Gasteiger partial charge is 0.491 e. The molecule has 0 aliphatic rings. The van der Waals surface area contributed by atoms with E-state index in [9.17, 15) is 14.4 Å². The third-order valence-electron chi connectivity index (χ3n) is 5.92. The van der Waals surface area contributed by atoms with Crippen molar-refractivity contribution in [1.82, 2.24) is 14.3 Å². The van der Waals surface area contributed by atoms with Crippen LogP contribution in [-0.2, 0) is 13.1 Å². The van der Waals surface area contributed by atoms with Gasteiger partial charge in [0.05, 0.1) is 35.8 Å². The van der Waals surface area contributed by atoms with Gasteiger partial charge in [0.25, 0.3) is 11.5 Å². The van der Waals surface area contributed by atoms with Gasteiger partial charge in [-0.05, 0) is 64.9 Å². The van der Waals surface area contributed by atoms with Crippen LogP contribution < -0.4 is 21.3 Å². The maximum atomic E-state index is 13.5. The van der Waals surface area contributed by atoms with Gasteiger partial charge in [-0.2, -0.15) is 21.1 Å². The standard InChI is InChI=1S/C27H22ClN5O4S2/c1-37-24-20(8-10-32(27(24)36)14-16-9-11-38-15-16)21-12-23(30-13-19-6-7-22(28)39-19)33(31-21)26(35)18-4-2-17(3-5-18)25(29)34/h2-12,15,30H,13-14H2,1H3,(H2,29,34). The van der Waals surface area contributed by atoms with Crippen molar-refractivity contribution in [2.45, 2.75) is 13.1 Å². The van der Waals surface area contributed by atoms with E-state index in [1.807, 2.05) is 22.9 Å². The number of nitrogens with zero attached hydrogens (tertiary/aromatic N) is 3. The fourth-order valence-corrected chi connectivity index (χ4v) is 5.66. The number of hydrogen-bond acceptors (Lipinski definition) is 8. The van der Waals surface area contributed by atoms with E-state index in [2.05, 4.69) is 10.4 Å². The predicted molar refractivity (Wildman–Crippen MR) is 153 cm³/mol. The molecule has 1 aromatic carbocycles. The molecular weight excluding hydrogens is 558 g/mol. The highest BCUT2D eigenvalue weighted by Gasteiger charge is 2.21. The molecule has 39 heavy (non-hydrogen) atoms. The number of carbonyl (C=O) groups excluding carboxylic acids is 2. The zero-order chi connectivity index (χ0) is 27.5. The van der Waals surface area contributed by atoms with Crippen LogP contribution in [0.3, 0.4) is 0 Å². The third-order valence-corrected chi connectivity index (χ3v) is 7.89. The first-order valence-electron chi connectivity index (χ1n) is 11.7. The number of methoxy groups -OCH3 is 1. The monoisotopic (exact) mass is 579 g/mol. The summed E-state index contributed by atoms with van der Waals surface area (Å²) in [5.41, 5.74) is 7.43. The Morgan fingerprint density at radius 3 is 2.51 bits per heavy atom. The van der Waals surface area contributed by atoms with E-state index in [1.54, 1.807) is 40.3 Å². The number of ether oxygens (including phenoxy) is 1. The number of carbonyl (C=O) groups is 2. The molecule has 0 aliphatic carbocycles. The normalized spacial score (nSPS) is 10.9. The molecular formula is C27H22ClN5O4S2. The van der Waals surface area contributed by atoms with Gasteiger partial charge in [0.2, 0.25) is 5.91 Å². The lowest BCUT2D eigenvalue weighted by Gasteiger charge is -2.10. The number of hydrogen-bond donors (Lipinski definition) is 2. The van der Waals surface area contributed by atoms with Gasteiger partial charge in [0, 0.05) is 28.3 Å². The van der Waals surface area contributed by atoms with Crippen LogP contribution in [0.4, 0.5) is 5.82 Å². The first-order valence-corrected chi connectivity index (χ1v) is 13.8. The Labute approximate surface area is 236 Å². The van der Waals surface area contributed by atoms with Crippen molar-refractivity contribution in [3.63, 3.8) is 0 Å². The maximum absolute atomic E-state index is 13.5. The topological polar surface area (TPSA) is 121 Å². The van der Waals surface area contributed by atoms with Gasteiger partial charge < -0.3 is 20.4 Å². The maximum Gasteiger partial charge on any atom is 0.293 e. The molecule has 5 aromatic rings. The molecule has 0 radical (unpaired) electrons. The van der Waals surface area contributed by atoms with Gasteiger partial charge in [-0.15, -0.1) is 11.3 Å². The van der Waals surface area contributed by atoms with Gasteiger partial charge in [0.15, 0.2) is 5.75 Å². The lowest BCUT2D eigenvalue weighted by Crippen LogP contribution is -2.22. The Kier molecular flexibility index (Phi) is 7.64. The minimum absolute atomic E-state index is 0.118. The smallest absolute Gasteiger partial charge is 0.293 e. The number of anilines is 1. The van der Waals surface area contributed by atoms with Crippen molar-refractivity contribution < 1.29 is 14.3 Å². The van der Waals surface area contributed by atoms with Crippen molar-refractivity contribution >= 4 is 51.9 Å². The van der Waals surface area contributed by atoms with Gasteiger partial charge in [0.1, 0.15) is 5.82 Å². The summed E-state index contributed by atoms with van der Waals surface area (Å²) in [6.45, 7) is 0.805. The van der Waals surface area contributed by atoms with E-state index in [-0.39, 0.29) is 16.9 Å². The summed E-state index contributed by atoms with van der Waals surface area (Å²) >= 11 is 9.05. The lowest BCUT2D eigenvalue weighted by molar-refractivity contribution is 0.0945. The highest BCUT2D eigenvalue weighted by Crippen LogP contribution is 2.30. The molecule has 1 amide bonds. The number of benzene rings is 1. The van der Waals surface area contributed by atoms with Gasteiger partial charge in [-0.3, -0.25) is 14.4 Å². The van der Waals surface area contributed by atoms with E-state index >= 15 is 0 Å². The number of pyridine rings is 1. The Morgan fingerprint density at radius 1 is 1.10 bits per heavy atom. The summed E-state index contributed by atoms with van der Waals surface area (Å²) in [6, 6.07) is 15.1. The molecule has 0 fully saturated rings. The molecule has 198 valence electrons. The number of aromatic nitrogens is 3. The number of rotatable bonds is 9. The van der Waals surface area contributed by atoms with Crippen LogP contribution in [0.1, 0.15) is 31.2 Å². The lowest BCUT2D eigenvalue weighted by atomic mass is 10.1. The molecule has 0 saturated heterocycles. The minimum Gasteiger partial charge on any atom is -0.491 e. The molecule has 4 heterocycles. The fraction of sp³-hybridized carbons (Fsp3) is 0.111. The molecule has 0 spiro atoms. The Hall–Kier alpha value is -4.19. The van der Waals surface area contributed by atoms with Crippen LogP contribution >= 0.6 is 34.3 Å². The second-order valence-electron chi connectivity index (χ2n) is 8.46. The molecule has 0 unspecified atom stereocenters. The van der Waals surface area contributed by atoms with Crippen molar-refractivity contribution in [2.75, 3.05) is 12.4 Å². The molecule has 5 rings (SSSR count). The number of nitrogens with one attached hydrogen (secondary N) is 1. The highest BCUT2D eigenvalue weighted by atomic mass is 35.5. The molecule has 12 heteroatoms. The summed E-state index contributed by atoms with van der Waals surface area (Å²) in [5.74, 6) is -0.503. The molecule has 0 atom stereocenters. The van der Waals surface area contributed by atoms with E-state index in [1.165, 1.54) is 47.4 Å². The summed E-state index contributed by atoms with van der Waals surface area (Å²) in [6.07, 6.45) is 1.68. The number of nitrogens with two attached hydrogens (primary N) is 1. The number of amides is 1. The van der Waals surface area contributed by atoms with E-state index < -0.39 is 11.8 Å². The van der Waals surface area contributed by atoms with Crippen LogP contribution in [0.5, 0.6) is 5.75 Å². The number of thiophene rings is 2. The molecule has 9 nitrogen and oxygen atoms in total. The van der Waals surface area contributed by atoms with Crippen LogP contribution in [0.25, 0.3) is 11.3 Å². The Morgan fingerprint density at radius 2 is 1.87 bits per heavy atom. The fourth-order valence-electron chi connectivity index (χ4n) is 3.97. The van der Waals surface area contributed by atoms with Crippen LogP contribution in [0.2, 0.25) is 4.34 Å². The van der Waals surface area contributed by atoms with E-state index in [4.69, 9.17) is 22.1 Å². The molecule has 4 aromatic heterocycles. The quantitative estimate of drug-likeness (QED) is 0.255. The molecule has 0 aliphatic heterocycles.